The van der Waals surface area contributed by atoms with E-state index in [1.165, 1.54) is 0 Å². The molecule has 2 aromatic rings. The molecule has 0 aliphatic rings. The maximum Gasteiger partial charge on any atom is 0.267 e. The third-order valence-corrected chi connectivity index (χ3v) is 3.02. The molecule has 0 aliphatic heterocycles. The number of halogens is 1. The highest BCUT2D eigenvalue weighted by Crippen LogP contribution is 2.19. The Labute approximate surface area is 117 Å². The van der Waals surface area contributed by atoms with Crippen molar-refractivity contribution in [3.8, 4) is 0 Å². The number of hydrogen-bond donors (Lipinski definition) is 2. The van der Waals surface area contributed by atoms with Gasteiger partial charge in [-0.3, -0.25) is 4.79 Å². The molecule has 1 heterocycles. The summed E-state index contributed by atoms with van der Waals surface area (Å²) in [6.45, 7) is 3.93. The van der Waals surface area contributed by atoms with Crippen molar-refractivity contribution >= 4 is 28.4 Å². The van der Waals surface area contributed by atoms with Crippen LogP contribution in [0.5, 0.6) is 0 Å². The maximum absolute atomic E-state index is 11.9. The van der Waals surface area contributed by atoms with E-state index in [2.05, 4.69) is 10.3 Å². The zero-order chi connectivity index (χ0) is 13.7. The molecular formula is C14H17ClN2O2. The number of aromatic nitrogens is 1. The number of hydrogen-bond acceptors (Lipinski definition) is 2. The molecule has 0 unspecified atom stereocenters. The molecule has 0 aliphatic carbocycles. The average Bonchev–Trinajstić information content (AvgIpc) is 2.81. The van der Waals surface area contributed by atoms with Gasteiger partial charge in [0.1, 0.15) is 5.69 Å². The van der Waals surface area contributed by atoms with Crippen molar-refractivity contribution in [2.24, 2.45) is 0 Å². The first kappa shape index (κ1) is 13.9. The third-order valence-electron chi connectivity index (χ3n) is 2.78. The highest BCUT2D eigenvalue weighted by molar-refractivity contribution is 6.31. The molecule has 0 atom stereocenters. The molecule has 2 rings (SSSR count). The predicted octanol–water partition coefficient (Wildman–Crippen LogP) is 2.98. The minimum Gasteiger partial charge on any atom is -0.382 e. The first-order valence-electron chi connectivity index (χ1n) is 6.35. The first-order chi connectivity index (χ1) is 9.20. The van der Waals surface area contributed by atoms with Crippen molar-refractivity contribution in [1.29, 1.82) is 0 Å². The molecule has 0 saturated heterocycles. The highest BCUT2D eigenvalue weighted by Gasteiger charge is 2.08. The zero-order valence-electron chi connectivity index (χ0n) is 10.8. The van der Waals surface area contributed by atoms with Crippen molar-refractivity contribution in [3.05, 3.63) is 35.0 Å². The molecule has 0 spiro atoms. The topological polar surface area (TPSA) is 54.1 Å². The normalized spacial score (nSPS) is 10.8. The number of rotatable bonds is 6. The van der Waals surface area contributed by atoms with Crippen LogP contribution in [0.15, 0.2) is 24.3 Å². The molecule has 0 fully saturated rings. The Balaban J connectivity index is 1.94. The third kappa shape index (κ3) is 3.72. The van der Waals surface area contributed by atoms with Crippen LogP contribution in [-0.2, 0) is 4.74 Å². The standard InChI is InChI=1S/C14H17ClN2O2/c1-2-19-7-3-6-16-14(18)13-9-10-8-11(15)4-5-12(10)17-13/h4-5,8-9,17H,2-3,6-7H2,1H3,(H,16,18). The van der Waals surface area contributed by atoms with E-state index >= 15 is 0 Å². The van der Waals surface area contributed by atoms with Gasteiger partial charge in [-0.2, -0.15) is 0 Å². The Morgan fingerprint density at radius 3 is 3.05 bits per heavy atom. The smallest absolute Gasteiger partial charge is 0.267 e. The van der Waals surface area contributed by atoms with Crippen LogP contribution in [0.3, 0.4) is 0 Å². The summed E-state index contributed by atoms with van der Waals surface area (Å²) in [6, 6.07) is 7.30. The van der Waals surface area contributed by atoms with E-state index in [1.54, 1.807) is 12.1 Å². The lowest BCUT2D eigenvalue weighted by atomic mass is 10.2. The fourth-order valence-corrected chi connectivity index (χ4v) is 2.02. The molecule has 1 amide bonds. The van der Waals surface area contributed by atoms with Gasteiger partial charge < -0.3 is 15.0 Å². The van der Waals surface area contributed by atoms with Gasteiger partial charge in [-0.25, -0.2) is 0 Å². The molecule has 19 heavy (non-hydrogen) atoms. The van der Waals surface area contributed by atoms with Crippen molar-refractivity contribution in [2.75, 3.05) is 19.8 Å². The van der Waals surface area contributed by atoms with Crippen molar-refractivity contribution in [3.63, 3.8) is 0 Å². The Morgan fingerprint density at radius 1 is 1.42 bits per heavy atom. The Kier molecular flexibility index (Phi) is 4.82. The predicted molar refractivity (Wildman–Crippen MR) is 76.8 cm³/mol. The van der Waals surface area contributed by atoms with Gasteiger partial charge in [0, 0.05) is 35.7 Å². The largest absolute Gasteiger partial charge is 0.382 e. The minimum atomic E-state index is -0.108. The SMILES string of the molecule is CCOCCCNC(=O)c1cc2cc(Cl)ccc2[nH]1. The summed E-state index contributed by atoms with van der Waals surface area (Å²) in [7, 11) is 0. The van der Waals surface area contributed by atoms with Gasteiger partial charge in [0.2, 0.25) is 0 Å². The van der Waals surface area contributed by atoms with E-state index in [-0.39, 0.29) is 5.91 Å². The van der Waals surface area contributed by atoms with Gasteiger partial charge >= 0.3 is 0 Å². The van der Waals surface area contributed by atoms with Crippen LogP contribution in [0, 0.1) is 0 Å². The summed E-state index contributed by atoms with van der Waals surface area (Å²) in [5.74, 6) is -0.108. The summed E-state index contributed by atoms with van der Waals surface area (Å²) in [5, 5.41) is 4.45. The molecule has 0 saturated carbocycles. The number of ether oxygens (including phenoxy) is 1. The minimum absolute atomic E-state index is 0.108. The van der Waals surface area contributed by atoms with Gasteiger partial charge in [-0.05, 0) is 37.6 Å². The number of carbonyl (C=O) groups is 1. The van der Waals surface area contributed by atoms with Gasteiger partial charge in [0.15, 0.2) is 0 Å². The van der Waals surface area contributed by atoms with Crippen LogP contribution < -0.4 is 5.32 Å². The number of carbonyl (C=O) groups excluding carboxylic acids is 1. The number of aromatic amines is 1. The van der Waals surface area contributed by atoms with Gasteiger partial charge in [-0.1, -0.05) is 11.6 Å². The monoisotopic (exact) mass is 280 g/mol. The highest BCUT2D eigenvalue weighted by atomic mass is 35.5. The number of amides is 1. The van der Waals surface area contributed by atoms with Crippen LogP contribution in [-0.4, -0.2) is 30.6 Å². The summed E-state index contributed by atoms with van der Waals surface area (Å²) < 4.78 is 5.21. The molecule has 4 nitrogen and oxygen atoms in total. The van der Waals surface area contributed by atoms with E-state index in [0.717, 1.165) is 17.3 Å². The van der Waals surface area contributed by atoms with Crippen molar-refractivity contribution < 1.29 is 9.53 Å². The molecule has 0 bridgehead atoms. The van der Waals surface area contributed by atoms with Crippen molar-refractivity contribution in [1.82, 2.24) is 10.3 Å². The number of nitrogens with one attached hydrogen (secondary N) is 2. The second-order valence-corrected chi connectivity index (χ2v) is 4.66. The molecule has 0 radical (unpaired) electrons. The van der Waals surface area contributed by atoms with Gasteiger partial charge in [0.05, 0.1) is 0 Å². The second-order valence-electron chi connectivity index (χ2n) is 4.22. The van der Waals surface area contributed by atoms with Crippen LogP contribution in [0.25, 0.3) is 10.9 Å². The second kappa shape index (κ2) is 6.59. The average molecular weight is 281 g/mol. The summed E-state index contributed by atoms with van der Waals surface area (Å²) in [6.07, 6.45) is 0.811. The Morgan fingerprint density at radius 2 is 2.26 bits per heavy atom. The van der Waals surface area contributed by atoms with Crippen LogP contribution in [0.4, 0.5) is 0 Å². The lowest BCUT2D eigenvalue weighted by Gasteiger charge is -2.03. The van der Waals surface area contributed by atoms with E-state index < -0.39 is 0 Å². The van der Waals surface area contributed by atoms with E-state index in [1.807, 2.05) is 19.1 Å². The van der Waals surface area contributed by atoms with Crippen LogP contribution in [0.2, 0.25) is 5.02 Å². The fourth-order valence-electron chi connectivity index (χ4n) is 1.84. The Bertz CT molecular complexity index is 566. The molecule has 102 valence electrons. The number of fused-ring (bicyclic) bond motifs is 1. The summed E-state index contributed by atoms with van der Waals surface area (Å²) in [4.78, 5) is 15.0. The Hall–Kier alpha value is -1.52. The molecule has 1 aromatic carbocycles. The van der Waals surface area contributed by atoms with Gasteiger partial charge in [-0.15, -0.1) is 0 Å². The quantitative estimate of drug-likeness (QED) is 0.799. The molecule has 2 N–H and O–H groups in total. The number of H-pyrrole nitrogens is 1. The summed E-state index contributed by atoms with van der Waals surface area (Å²) >= 11 is 5.91. The molecule has 1 aromatic heterocycles. The van der Waals surface area contributed by atoms with E-state index in [9.17, 15) is 4.79 Å². The van der Waals surface area contributed by atoms with Crippen molar-refractivity contribution in [2.45, 2.75) is 13.3 Å². The van der Waals surface area contributed by atoms with E-state index in [4.69, 9.17) is 16.3 Å². The van der Waals surface area contributed by atoms with Crippen LogP contribution >= 0.6 is 11.6 Å². The lowest BCUT2D eigenvalue weighted by Crippen LogP contribution is -2.25. The molecular weight excluding hydrogens is 264 g/mol. The fraction of sp³-hybridized carbons (Fsp3) is 0.357. The van der Waals surface area contributed by atoms with Gasteiger partial charge in [0.25, 0.3) is 5.91 Å². The zero-order valence-corrected chi connectivity index (χ0v) is 11.6. The number of benzene rings is 1. The first-order valence-corrected chi connectivity index (χ1v) is 6.72. The molecule has 5 heteroatoms. The van der Waals surface area contributed by atoms with Crippen LogP contribution in [0.1, 0.15) is 23.8 Å². The lowest BCUT2D eigenvalue weighted by molar-refractivity contribution is 0.0940. The maximum atomic E-state index is 11.9. The summed E-state index contributed by atoms with van der Waals surface area (Å²) in [5.41, 5.74) is 1.46. The van der Waals surface area contributed by atoms with E-state index in [0.29, 0.717) is 30.5 Å².